The maximum atomic E-state index is 11.4. The summed E-state index contributed by atoms with van der Waals surface area (Å²) < 4.78 is 9.95. The van der Waals surface area contributed by atoms with E-state index in [9.17, 15) is 4.79 Å². The van der Waals surface area contributed by atoms with Crippen LogP contribution in [-0.2, 0) is 20.7 Å². The van der Waals surface area contributed by atoms with Crippen LogP contribution in [0.1, 0.15) is 12.5 Å². The Balaban J connectivity index is 2.68. The van der Waals surface area contributed by atoms with Crippen LogP contribution < -0.4 is 4.89 Å². The number of methoxy groups -OCH3 is 1. The van der Waals surface area contributed by atoms with E-state index in [0.717, 1.165) is 5.56 Å². The molecule has 1 N–H and O–H groups in total. The lowest BCUT2D eigenvalue weighted by atomic mass is 10.1. The molecule has 1 aromatic rings. The molecule has 0 aliphatic heterocycles. The normalized spacial score (nSPS) is 11.9. The Labute approximate surface area is 99.8 Å². The van der Waals surface area contributed by atoms with Gasteiger partial charge in [-0.1, -0.05) is 12.1 Å². The molecule has 1 rings (SSSR count). The molecule has 0 saturated heterocycles. The predicted octanol–water partition coefficient (Wildman–Crippen LogP) is 1.66. The Kier molecular flexibility index (Phi) is 5.45. The molecule has 1 aromatic carbocycles. The molecule has 0 spiro atoms. The molecule has 5 heteroatoms. The summed E-state index contributed by atoms with van der Waals surface area (Å²) in [4.78, 5) is 15.5. The Morgan fingerprint density at radius 1 is 1.35 bits per heavy atom. The predicted molar refractivity (Wildman–Crippen MR) is 60.8 cm³/mol. The highest BCUT2D eigenvalue weighted by atomic mass is 17.1. The van der Waals surface area contributed by atoms with Crippen molar-refractivity contribution < 1.29 is 24.4 Å². The number of rotatable bonds is 6. The molecule has 0 heterocycles. The fraction of sp³-hybridized carbons (Fsp3) is 0.417. The minimum Gasteiger partial charge on any atom is -0.467 e. The highest BCUT2D eigenvalue weighted by Crippen LogP contribution is 2.14. The van der Waals surface area contributed by atoms with E-state index in [1.165, 1.54) is 7.11 Å². The lowest BCUT2D eigenvalue weighted by molar-refractivity contribution is -0.153. The zero-order valence-corrected chi connectivity index (χ0v) is 9.88. The summed E-state index contributed by atoms with van der Waals surface area (Å²) in [5.41, 5.74) is 0.898. The van der Waals surface area contributed by atoms with Crippen molar-refractivity contribution in [2.45, 2.75) is 19.4 Å². The van der Waals surface area contributed by atoms with Crippen LogP contribution in [0.15, 0.2) is 24.3 Å². The molecule has 0 fully saturated rings. The van der Waals surface area contributed by atoms with Gasteiger partial charge in [0.25, 0.3) is 0 Å². The summed E-state index contributed by atoms with van der Waals surface area (Å²) in [6.45, 7) is 2.26. The van der Waals surface area contributed by atoms with Crippen LogP contribution in [0.3, 0.4) is 0 Å². The molecule has 0 bridgehead atoms. The van der Waals surface area contributed by atoms with Gasteiger partial charge in [0.1, 0.15) is 0 Å². The summed E-state index contributed by atoms with van der Waals surface area (Å²) in [5.74, 6) is -0.0471. The van der Waals surface area contributed by atoms with Gasteiger partial charge in [0, 0.05) is 13.0 Å². The van der Waals surface area contributed by atoms with Gasteiger partial charge in [-0.25, -0.2) is 10.1 Å². The van der Waals surface area contributed by atoms with Gasteiger partial charge in [0.05, 0.1) is 7.11 Å². The molecule has 17 heavy (non-hydrogen) atoms. The van der Waals surface area contributed by atoms with Gasteiger partial charge < -0.3 is 14.4 Å². The van der Waals surface area contributed by atoms with Crippen LogP contribution in [0.4, 0.5) is 0 Å². The van der Waals surface area contributed by atoms with Crippen LogP contribution in [0.5, 0.6) is 5.75 Å². The van der Waals surface area contributed by atoms with Crippen LogP contribution in [0.2, 0.25) is 0 Å². The third kappa shape index (κ3) is 4.05. The molecule has 94 valence electrons. The molecule has 0 aromatic heterocycles. The smallest absolute Gasteiger partial charge is 0.335 e. The van der Waals surface area contributed by atoms with Crippen molar-refractivity contribution in [1.29, 1.82) is 0 Å². The Hall–Kier alpha value is -1.59. The third-order valence-electron chi connectivity index (χ3n) is 2.28. The number of benzene rings is 1. The number of carbonyl (C=O) groups is 1. The fourth-order valence-electron chi connectivity index (χ4n) is 1.44. The minimum atomic E-state index is -0.606. The van der Waals surface area contributed by atoms with Crippen LogP contribution in [0, 0.1) is 0 Å². The number of hydrogen-bond donors (Lipinski definition) is 1. The van der Waals surface area contributed by atoms with Crippen LogP contribution in [-0.4, -0.2) is 31.0 Å². The Morgan fingerprint density at radius 2 is 2.00 bits per heavy atom. The SMILES string of the molecule is CCOC(Cc1ccc(OO)cc1)C(=O)OC. The molecular weight excluding hydrogens is 224 g/mol. The van der Waals surface area contributed by atoms with Crippen molar-refractivity contribution in [2.24, 2.45) is 0 Å². The third-order valence-corrected chi connectivity index (χ3v) is 2.28. The van der Waals surface area contributed by atoms with Crippen molar-refractivity contribution in [3.63, 3.8) is 0 Å². The Bertz CT molecular complexity index is 346. The second kappa shape index (κ2) is 6.88. The average molecular weight is 240 g/mol. The summed E-state index contributed by atoms with van der Waals surface area (Å²) >= 11 is 0. The lowest BCUT2D eigenvalue weighted by Gasteiger charge is -2.14. The van der Waals surface area contributed by atoms with Crippen LogP contribution in [0.25, 0.3) is 0 Å². The first-order valence-corrected chi connectivity index (χ1v) is 5.31. The minimum absolute atomic E-state index is 0.347. The second-order valence-corrected chi connectivity index (χ2v) is 3.41. The maximum absolute atomic E-state index is 11.4. The van der Waals surface area contributed by atoms with Gasteiger partial charge in [-0.2, -0.15) is 0 Å². The zero-order chi connectivity index (χ0) is 12.7. The van der Waals surface area contributed by atoms with Crippen molar-refractivity contribution >= 4 is 5.97 Å². The zero-order valence-electron chi connectivity index (χ0n) is 9.88. The summed E-state index contributed by atoms with van der Waals surface area (Å²) in [5, 5.41) is 8.42. The number of hydrogen-bond acceptors (Lipinski definition) is 5. The van der Waals surface area contributed by atoms with Gasteiger partial charge in [0.15, 0.2) is 11.9 Å². The monoisotopic (exact) mass is 240 g/mol. The lowest BCUT2D eigenvalue weighted by Crippen LogP contribution is -2.28. The molecule has 1 atom stereocenters. The summed E-state index contributed by atoms with van der Waals surface area (Å²) in [7, 11) is 1.33. The maximum Gasteiger partial charge on any atom is 0.335 e. The number of esters is 1. The van der Waals surface area contributed by atoms with E-state index in [0.29, 0.717) is 18.8 Å². The summed E-state index contributed by atoms with van der Waals surface area (Å²) in [6, 6.07) is 6.71. The highest BCUT2D eigenvalue weighted by molar-refractivity contribution is 5.74. The van der Waals surface area contributed by atoms with Crippen molar-refractivity contribution in [1.82, 2.24) is 0 Å². The van der Waals surface area contributed by atoms with E-state index < -0.39 is 12.1 Å². The van der Waals surface area contributed by atoms with Gasteiger partial charge >= 0.3 is 5.97 Å². The first-order valence-electron chi connectivity index (χ1n) is 5.31. The van der Waals surface area contributed by atoms with E-state index in [-0.39, 0.29) is 0 Å². The van der Waals surface area contributed by atoms with E-state index in [2.05, 4.69) is 9.62 Å². The van der Waals surface area contributed by atoms with Crippen LogP contribution >= 0.6 is 0 Å². The molecule has 0 amide bonds. The van der Waals surface area contributed by atoms with Crippen molar-refractivity contribution in [3.05, 3.63) is 29.8 Å². The van der Waals surface area contributed by atoms with E-state index in [4.69, 9.17) is 9.99 Å². The molecular formula is C12H16O5. The standard InChI is InChI=1S/C12H16O5/c1-3-16-11(12(13)15-2)8-9-4-6-10(17-14)7-5-9/h4-7,11,14H,3,8H2,1-2H3. The first kappa shape index (κ1) is 13.5. The molecule has 0 aliphatic carbocycles. The molecule has 1 unspecified atom stereocenters. The Morgan fingerprint density at radius 3 is 2.47 bits per heavy atom. The van der Waals surface area contributed by atoms with Gasteiger partial charge in [-0.05, 0) is 24.6 Å². The molecule has 0 saturated carbocycles. The van der Waals surface area contributed by atoms with Crippen molar-refractivity contribution in [3.8, 4) is 5.75 Å². The quantitative estimate of drug-likeness (QED) is 0.465. The second-order valence-electron chi connectivity index (χ2n) is 3.41. The number of carbonyl (C=O) groups excluding carboxylic acids is 1. The first-order chi connectivity index (χ1) is 8.21. The largest absolute Gasteiger partial charge is 0.467 e. The molecule has 0 aliphatic rings. The molecule has 0 radical (unpaired) electrons. The van der Waals surface area contributed by atoms with E-state index >= 15 is 0 Å². The van der Waals surface area contributed by atoms with E-state index in [1.54, 1.807) is 24.3 Å². The topological polar surface area (TPSA) is 65.0 Å². The van der Waals surface area contributed by atoms with E-state index in [1.807, 2.05) is 6.92 Å². The van der Waals surface area contributed by atoms with Gasteiger partial charge in [-0.15, -0.1) is 0 Å². The van der Waals surface area contributed by atoms with Gasteiger partial charge in [0.2, 0.25) is 0 Å². The average Bonchev–Trinajstić information content (AvgIpc) is 2.38. The highest BCUT2D eigenvalue weighted by Gasteiger charge is 2.19. The number of ether oxygens (including phenoxy) is 2. The molecule has 5 nitrogen and oxygen atoms in total. The van der Waals surface area contributed by atoms with Gasteiger partial charge in [-0.3, -0.25) is 0 Å². The van der Waals surface area contributed by atoms with Crippen molar-refractivity contribution in [2.75, 3.05) is 13.7 Å². The fourth-order valence-corrected chi connectivity index (χ4v) is 1.44. The summed E-state index contributed by atoms with van der Waals surface area (Å²) in [6.07, 6.45) is -0.183.